The molecule has 0 fully saturated rings. The summed E-state index contributed by atoms with van der Waals surface area (Å²) in [5.74, 6) is -1.14. The first-order valence-corrected chi connectivity index (χ1v) is 4.20. The van der Waals surface area contributed by atoms with Crippen molar-refractivity contribution in [1.29, 1.82) is 0 Å². The lowest BCUT2D eigenvalue weighted by atomic mass is 10.3. The molecule has 2 aromatic rings. The number of aryl methyl sites for hydroxylation is 1. The minimum absolute atomic E-state index is 0.263. The zero-order chi connectivity index (χ0) is 8.72. The first-order chi connectivity index (χ1) is 5.66. The van der Waals surface area contributed by atoms with Crippen LogP contribution >= 0.6 is 11.3 Å². The first kappa shape index (κ1) is 7.61. The molecule has 0 aliphatic rings. The highest BCUT2D eigenvalue weighted by molar-refractivity contribution is 7.18. The van der Waals surface area contributed by atoms with Crippen LogP contribution in [0.4, 0.5) is 8.78 Å². The fourth-order valence-electron chi connectivity index (χ4n) is 1.07. The van der Waals surface area contributed by atoms with E-state index in [1.54, 1.807) is 6.92 Å². The molecule has 0 amide bonds. The van der Waals surface area contributed by atoms with Crippen molar-refractivity contribution < 1.29 is 8.78 Å². The third kappa shape index (κ3) is 1.08. The Balaban J connectivity index is 2.88. The zero-order valence-electron chi connectivity index (χ0n) is 6.27. The third-order valence-corrected chi connectivity index (χ3v) is 2.44. The Hall–Kier alpha value is -1.03. The zero-order valence-corrected chi connectivity index (χ0v) is 7.08. The van der Waals surface area contributed by atoms with Gasteiger partial charge in [0, 0.05) is 6.07 Å². The second kappa shape index (κ2) is 2.48. The maximum absolute atomic E-state index is 13.0. The first-order valence-electron chi connectivity index (χ1n) is 3.39. The van der Waals surface area contributed by atoms with Gasteiger partial charge in [0.1, 0.15) is 11.3 Å². The van der Waals surface area contributed by atoms with E-state index < -0.39 is 11.6 Å². The molecule has 0 saturated heterocycles. The molecule has 0 aliphatic heterocycles. The van der Waals surface area contributed by atoms with Gasteiger partial charge in [0.2, 0.25) is 0 Å². The summed E-state index contributed by atoms with van der Waals surface area (Å²) in [5.41, 5.74) is 0.263. The van der Waals surface area contributed by atoms with E-state index in [0.29, 0.717) is 4.70 Å². The average molecular weight is 185 g/mol. The molecule has 0 N–H and O–H groups in total. The molecular weight excluding hydrogens is 180 g/mol. The number of rotatable bonds is 0. The van der Waals surface area contributed by atoms with Crippen LogP contribution in [0.2, 0.25) is 0 Å². The molecular formula is C8H5F2NS. The highest BCUT2D eigenvalue weighted by Crippen LogP contribution is 2.24. The van der Waals surface area contributed by atoms with Crippen LogP contribution in [0.1, 0.15) is 5.01 Å². The summed E-state index contributed by atoms with van der Waals surface area (Å²) in [6.45, 7) is 1.77. The molecule has 12 heavy (non-hydrogen) atoms. The topological polar surface area (TPSA) is 12.9 Å². The summed E-state index contributed by atoms with van der Waals surface area (Å²) >= 11 is 1.29. The minimum Gasteiger partial charge on any atom is -0.238 e. The Labute approximate surface area is 71.7 Å². The molecule has 0 aliphatic carbocycles. The summed E-state index contributed by atoms with van der Waals surface area (Å²) in [6, 6.07) is 2.14. The van der Waals surface area contributed by atoms with E-state index in [1.807, 2.05) is 0 Å². The monoisotopic (exact) mass is 185 g/mol. The third-order valence-electron chi connectivity index (χ3n) is 1.52. The predicted molar refractivity (Wildman–Crippen MR) is 44.3 cm³/mol. The molecule has 62 valence electrons. The predicted octanol–water partition coefficient (Wildman–Crippen LogP) is 2.88. The maximum Gasteiger partial charge on any atom is 0.153 e. The summed E-state index contributed by atoms with van der Waals surface area (Å²) in [4.78, 5) is 3.93. The molecule has 0 unspecified atom stereocenters. The van der Waals surface area contributed by atoms with Gasteiger partial charge in [-0.1, -0.05) is 0 Å². The van der Waals surface area contributed by atoms with Crippen molar-refractivity contribution >= 4 is 21.6 Å². The summed E-state index contributed by atoms with van der Waals surface area (Å²) < 4.78 is 26.2. The fourth-order valence-corrected chi connectivity index (χ4v) is 1.93. The van der Waals surface area contributed by atoms with Gasteiger partial charge in [0.05, 0.1) is 9.71 Å². The summed E-state index contributed by atoms with van der Waals surface area (Å²) in [5, 5.41) is 0.745. The van der Waals surface area contributed by atoms with Gasteiger partial charge in [-0.05, 0) is 13.0 Å². The van der Waals surface area contributed by atoms with Crippen molar-refractivity contribution in [1.82, 2.24) is 4.98 Å². The molecule has 1 aromatic carbocycles. The lowest BCUT2D eigenvalue weighted by molar-refractivity contribution is 0.591. The second-order valence-electron chi connectivity index (χ2n) is 2.47. The van der Waals surface area contributed by atoms with Crippen molar-refractivity contribution in [3.8, 4) is 0 Å². The summed E-state index contributed by atoms with van der Waals surface area (Å²) in [6.07, 6.45) is 0. The van der Waals surface area contributed by atoms with E-state index in [9.17, 15) is 8.78 Å². The lowest BCUT2D eigenvalue weighted by Gasteiger charge is -1.90. The number of thiazole rings is 1. The van der Waals surface area contributed by atoms with Crippen LogP contribution in [0, 0.1) is 18.6 Å². The molecule has 1 heterocycles. The SMILES string of the molecule is Cc1nc2c(F)cc(F)cc2s1. The Morgan fingerprint density at radius 3 is 2.83 bits per heavy atom. The quantitative estimate of drug-likeness (QED) is 0.615. The number of halogens is 2. The van der Waals surface area contributed by atoms with Gasteiger partial charge in [-0.25, -0.2) is 13.8 Å². The molecule has 1 nitrogen and oxygen atoms in total. The molecule has 0 spiro atoms. The van der Waals surface area contributed by atoms with Crippen LogP contribution in [0.5, 0.6) is 0 Å². The number of fused-ring (bicyclic) bond motifs is 1. The molecule has 0 saturated carbocycles. The largest absolute Gasteiger partial charge is 0.238 e. The number of hydrogen-bond acceptors (Lipinski definition) is 2. The Bertz CT molecular complexity index is 436. The van der Waals surface area contributed by atoms with Crippen molar-refractivity contribution in [3.05, 3.63) is 28.8 Å². The number of hydrogen-bond donors (Lipinski definition) is 0. The molecule has 4 heteroatoms. The lowest BCUT2D eigenvalue weighted by Crippen LogP contribution is -1.80. The van der Waals surface area contributed by atoms with Crippen molar-refractivity contribution in [2.75, 3.05) is 0 Å². The molecule has 1 aromatic heterocycles. The van der Waals surface area contributed by atoms with Crippen LogP contribution in [-0.4, -0.2) is 4.98 Å². The van der Waals surface area contributed by atoms with Crippen molar-refractivity contribution in [2.24, 2.45) is 0 Å². The molecule has 0 bridgehead atoms. The molecule has 0 atom stereocenters. The van der Waals surface area contributed by atoms with Crippen LogP contribution in [0.25, 0.3) is 10.2 Å². The smallest absolute Gasteiger partial charge is 0.153 e. The fraction of sp³-hybridized carbons (Fsp3) is 0.125. The van der Waals surface area contributed by atoms with Crippen LogP contribution in [0.15, 0.2) is 12.1 Å². The highest BCUT2D eigenvalue weighted by atomic mass is 32.1. The Morgan fingerprint density at radius 2 is 2.08 bits per heavy atom. The van der Waals surface area contributed by atoms with E-state index in [0.717, 1.165) is 11.1 Å². The number of nitrogens with zero attached hydrogens (tertiary/aromatic N) is 1. The van der Waals surface area contributed by atoms with E-state index in [1.165, 1.54) is 17.4 Å². The number of benzene rings is 1. The van der Waals surface area contributed by atoms with E-state index in [-0.39, 0.29) is 5.52 Å². The van der Waals surface area contributed by atoms with Gasteiger partial charge in [0.25, 0.3) is 0 Å². The van der Waals surface area contributed by atoms with Crippen LogP contribution in [0.3, 0.4) is 0 Å². The standard InChI is InChI=1S/C8H5F2NS/c1-4-11-8-6(10)2-5(9)3-7(8)12-4/h2-3H,1H3. The number of aromatic nitrogens is 1. The van der Waals surface area contributed by atoms with Crippen LogP contribution < -0.4 is 0 Å². The Kier molecular flexibility index (Phi) is 1.58. The van der Waals surface area contributed by atoms with Gasteiger partial charge in [0.15, 0.2) is 5.82 Å². The molecule has 0 radical (unpaired) electrons. The highest BCUT2D eigenvalue weighted by Gasteiger charge is 2.07. The van der Waals surface area contributed by atoms with Gasteiger partial charge in [-0.3, -0.25) is 0 Å². The van der Waals surface area contributed by atoms with Gasteiger partial charge in [-0.2, -0.15) is 0 Å². The maximum atomic E-state index is 13.0. The van der Waals surface area contributed by atoms with Gasteiger partial charge in [-0.15, -0.1) is 11.3 Å². The minimum atomic E-state index is -0.589. The average Bonchev–Trinajstić information content (AvgIpc) is 2.29. The second-order valence-corrected chi connectivity index (χ2v) is 3.70. The van der Waals surface area contributed by atoms with E-state index in [4.69, 9.17) is 0 Å². The van der Waals surface area contributed by atoms with E-state index >= 15 is 0 Å². The van der Waals surface area contributed by atoms with Crippen molar-refractivity contribution in [3.63, 3.8) is 0 Å². The molecule has 2 rings (SSSR count). The van der Waals surface area contributed by atoms with Crippen LogP contribution in [-0.2, 0) is 0 Å². The van der Waals surface area contributed by atoms with Gasteiger partial charge >= 0.3 is 0 Å². The van der Waals surface area contributed by atoms with Gasteiger partial charge < -0.3 is 0 Å². The summed E-state index contributed by atoms with van der Waals surface area (Å²) in [7, 11) is 0. The Morgan fingerprint density at radius 1 is 1.33 bits per heavy atom. The van der Waals surface area contributed by atoms with E-state index in [2.05, 4.69) is 4.98 Å². The van der Waals surface area contributed by atoms with Crippen molar-refractivity contribution in [2.45, 2.75) is 6.92 Å². The normalized spacial score (nSPS) is 10.9.